The molecule has 0 aliphatic rings. The molecule has 0 aliphatic carbocycles. The van der Waals surface area contributed by atoms with Gasteiger partial charge in [0.25, 0.3) is 10.0 Å². The zero-order chi connectivity index (χ0) is 28.7. The molecule has 0 aliphatic heterocycles. The Balaban J connectivity index is 2.02. The van der Waals surface area contributed by atoms with Crippen LogP contribution in [-0.2, 0) is 26.2 Å². The topological polar surface area (TPSA) is 86.8 Å². The number of para-hydroxylation sites is 1. The predicted octanol–water partition coefficient (Wildman–Crippen LogP) is 6.03. The molecule has 39 heavy (non-hydrogen) atoms. The van der Waals surface area contributed by atoms with Gasteiger partial charge in [0.2, 0.25) is 11.8 Å². The van der Waals surface area contributed by atoms with Gasteiger partial charge in [0, 0.05) is 13.1 Å². The number of nitrogens with one attached hydrogen (secondary N) is 1. The van der Waals surface area contributed by atoms with E-state index in [-0.39, 0.29) is 34.0 Å². The fourth-order valence-corrected chi connectivity index (χ4v) is 5.82. The third-order valence-electron chi connectivity index (χ3n) is 5.92. The average molecular weight is 611 g/mol. The van der Waals surface area contributed by atoms with Crippen molar-refractivity contribution in [3.8, 4) is 0 Å². The molecular weight excluding hydrogens is 581 g/mol. The highest BCUT2D eigenvalue weighted by Crippen LogP contribution is 2.31. The summed E-state index contributed by atoms with van der Waals surface area (Å²) >= 11 is 18.7. The van der Waals surface area contributed by atoms with Crippen molar-refractivity contribution in [2.45, 2.75) is 38.3 Å². The molecule has 0 saturated heterocycles. The van der Waals surface area contributed by atoms with Crippen molar-refractivity contribution in [2.24, 2.45) is 5.92 Å². The summed E-state index contributed by atoms with van der Waals surface area (Å²) in [6.45, 7) is 5.33. The highest BCUT2D eigenvalue weighted by Gasteiger charge is 2.33. The third-order valence-corrected chi connectivity index (χ3v) is 8.75. The first-order chi connectivity index (χ1) is 18.4. The molecule has 0 heterocycles. The molecule has 3 aromatic carbocycles. The van der Waals surface area contributed by atoms with Crippen molar-refractivity contribution in [1.82, 2.24) is 10.2 Å². The second-order valence-electron chi connectivity index (χ2n) is 9.36. The van der Waals surface area contributed by atoms with E-state index < -0.39 is 28.5 Å². The number of rotatable bonds is 11. The monoisotopic (exact) mass is 609 g/mol. The number of anilines is 1. The van der Waals surface area contributed by atoms with E-state index in [1.165, 1.54) is 23.1 Å². The number of carbonyl (C=O) groups excluding carboxylic acids is 2. The molecule has 0 aromatic heterocycles. The molecule has 7 nitrogen and oxygen atoms in total. The van der Waals surface area contributed by atoms with E-state index in [0.29, 0.717) is 22.2 Å². The summed E-state index contributed by atoms with van der Waals surface area (Å²) in [6.07, 6.45) is 0. The van der Waals surface area contributed by atoms with E-state index >= 15 is 0 Å². The van der Waals surface area contributed by atoms with Crippen molar-refractivity contribution in [3.63, 3.8) is 0 Å². The zero-order valence-electron chi connectivity index (χ0n) is 21.8. The van der Waals surface area contributed by atoms with Crippen LogP contribution in [0.5, 0.6) is 0 Å². The molecule has 3 rings (SSSR count). The molecule has 0 saturated carbocycles. The normalized spacial score (nSPS) is 12.2. The molecule has 0 radical (unpaired) electrons. The van der Waals surface area contributed by atoms with E-state index in [1.807, 2.05) is 13.8 Å². The second-order valence-corrected chi connectivity index (χ2v) is 12.4. The largest absolute Gasteiger partial charge is 0.354 e. The van der Waals surface area contributed by atoms with E-state index in [9.17, 15) is 18.0 Å². The van der Waals surface area contributed by atoms with Crippen LogP contribution < -0.4 is 9.62 Å². The Morgan fingerprint density at radius 2 is 1.49 bits per heavy atom. The van der Waals surface area contributed by atoms with E-state index in [1.54, 1.807) is 61.5 Å². The van der Waals surface area contributed by atoms with Crippen LogP contribution in [0.15, 0.2) is 77.7 Å². The molecule has 0 bridgehead atoms. The molecular formula is C28H30Cl3N3O4S. The van der Waals surface area contributed by atoms with Gasteiger partial charge in [-0.05, 0) is 54.8 Å². The fourth-order valence-electron chi connectivity index (χ4n) is 3.76. The number of nitrogens with zero attached hydrogens (tertiary/aromatic N) is 2. The number of hydrogen-bond acceptors (Lipinski definition) is 4. The number of carbonyl (C=O) groups is 2. The van der Waals surface area contributed by atoms with Crippen LogP contribution >= 0.6 is 34.8 Å². The zero-order valence-corrected chi connectivity index (χ0v) is 24.9. The summed E-state index contributed by atoms with van der Waals surface area (Å²) in [6, 6.07) is 18.1. The molecule has 3 aromatic rings. The molecule has 0 unspecified atom stereocenters. The fraction of sp³-hybridized carbons (Fsp3) is 0.286. The number of amides is 2. The maximum absolute atomic E-state index is 13.9. The Kier molecular flexibility index (Phi) is 10.7. The van der Waals surface area contributed by atoms with Gasteiger partial charge < -0.3 is 10.2 Å². The molecule has 1 N–H and O–H groups in total. The average Bonchev–Trinajstić information content (AvgIpc) is 2.91. The number of sulfonamides is 1. The number of halogens is 3. The summed E-state index contributed by atoms with van der Waals surface area (Å²) in [5.74, 6) is -0.771. The summed E-state index contributed by atoms with van der Waals surface area (Å²) in [4.78, 5) is 28.2. The Morgan fingerprint density at radius 1 is 0.846 bits per heavy atom. The molecule has 208 valence electrons. The molecule has 11 heteroatoms. The minimum atomic E-state index is -4.20. The predicted molar refractivity (Wildman–Crippen MR) is 157 cm³/mol. The van der Waals surface area contributed by atoms with Crippen molar-refractivity contribution < 1.29 is 18.0 Å². The van der Waals surface area contributed by atoms with Gasteiger partial charge in [0.1, 0.15) is 12.6 Å². The smallest absolute Gasteiger partial charge is 0.264 e. The Labute approximate surface area is 244 Å². The first-order valence-corrected chi connectivity index (χ1v) is 14.8. The van der Waals surface area contributed by atoms with Gasteiger partial charge in [-0.25, -0.2) is 8.42 Å². The SMILES string of the molecule is CC(C)CNC(=O)[C@H](C)N(Cc1ccc(Cl)c(Cl)c1)C(=O)CN(c1ccccc1Cl)S(=O)(=O)c1ccccc1. The lowest BCUT2D eigenvalue weighted by molar-refractivity contribution is -0.139. The van der Waals surface area contributed by atoms with Gasteiger partial charge in [0.05, 0.1) is 25.7 Å². The van der Waals surface area contributed by atoms with Crippen molar-refractivity contribution in [3.05, 3.63) is 93.4 Å². The van der Waals surface area contributed by atoms with Crippen molar-refractivity contribution in [2.75, 3.05) is 17.4 Å². The summed E-state index contributed by atoms with van der Waals surface area (Å²) in [5.41, 5.74) is 0.763. The maximum atomic E-state index is 13.9. The van der Waals surface area contributed by atoms with Crippen molar-refractivity contribution >= 4 is 62.3 Å². The van der Waals surface area contributed by atoms with Gasteiger partial charge in [-0.1, -0.05) is 85.0 Å². The van der Waals surface area contributed by atoms with Crippen LogP contribution in [0.2, 0.25) is 15.1 Å². The maximum Gasteiger partial charge on any atom is 0.264 e. The van der Waals surface area contributed by atoms with Gasteiger partial charge in [-0.2, -0.15) is 0 Å². The van der Waals surface area contributed by atoms with Crippen LogP contribution in [0.25, 0.3) is 0 Å². The van der Waals surface area contributed by atoms with Gasteiger partial charge in [0.15, 0.2) is 0 Å². The standard InChI is InChI=1S/C28H30Cl3N3O4S/c1-19(2)16-32-28(36)20(3)33(17-21-13-14-23(29)25(31)15-21)27(35)18-34(26-12-8-7-11-24(26)30)39(37,38)22-9-5-4-6-10-22/h4-15,19-20H,16-18H2,1-3H3,(H,32,36)/t20-/m0/s1. The lowest BCUT2D eigenvalue weighted by atomic mass is 10.1. The van der Waals surface area contributed by atoms with Gasteiger partial charge in [-0.3, -0.25) is 13.9 Å². The summed E-state index contributed by atoms with van der Waals surface area (Å²) in [7, 11) is -4.20. The third kappa shape index (κ3) is 7.88. The lowest BCUT2D eigenvalue weighted by Crippen LogP contribution is -2.51. The van der Waals surface area contributed by atoms with Crippen LogP contribution in [-0.4, -0.2) is 44.3 Å². The molecule has 1 atom stereocenters. The first kappa shape index (κ1) is 30.8. The summed E-state index contributed by atoms with van der Waals surface area (Å²) in [5, 5.41) is 3.64. The van der Waals surface area contributed by atoms with Crippen molar-refractivity contribution in [1.29, 1.82) is 0 Å². The van der Waals surface area contributed by atoms with E-state index in [0.717, 1.165) is 4.31 Å². The Hall–Kier alpha value is -2.78. The van der Waals surface area contributed by atoms with Gasteiger partial charge in [-0.15, -0.1) is 0 Å². The lowest BCUT2D eigenvalue weighted by Gasteiger charge is -2.32. The van der Waals surface area contributed by atoms with E-state index in [4.69, 9.17) is 34.8 Å². The first-order valence-electron chi connectivity index (χ1n) is 12.2. The molecule has 0 spiro atoms. The Bertz CT molecular complexity index is 1420. The minimum absolute atomic E-state index is 0.00326. The van der Waals surface area contributed by atoms with Crippen LogP contribution in [0.4, 0.5) is 5.69 Å². The van der Waals surface area contributed by atoms with Crippen LogP contribution in [0.1, 0.15) is 26.3 Å². The second kappa shape index (κ2) is 13.5. The Morgan fingerprint density at radius 3 is 2.10 bits per heavy atom. The number of hydrogen-bond donors (Lipinski definition) is 1. The van der Waals surface area contributed by atoms with E-state index in [2.05, 4.69) is 5.32 Å². The minimum Gasteiger partial charge on any atom is -0.354 e. The number of benzene rings is 3. The van der Waals surface area contributed by atoms with Crippen LogP contribution in [0, 0.1) is 5.92 Å². The van der Waals surface area contributed by atoms with Crippen LogP contribution in [0.3, 0.4) is 0 Å². The van der Waals surface area contributed by atoms with Gasteiger partial charge >= 0.3 is 0 Å². The summed E-state index contributed by atoms with van der Waals surface area (Å²) < 4.78 is 28.5. The highest BCUT2D eigenvalue weighted by molar-refractivity contribution is 7.92. The molecule has 2 amide bonds. The molecule has 0 fully saturated rings. The quantitative estimate of drug-likeness (QED) is 0.287. The highest BCUT2D eigenvalue weighted by atomic mass is 35.5.